The van der Waals surface area contributed by atoms with Gasteiger partial charge in [0.1, 0.15) is 0 Å². The zero-order valence-corrected chi connectivity index (χ0v) is 17.4. The summed E-state index contributed by atoms with van der Waals surface area (Å²) >= 11 is 0. The number of aromatic nitrogens is 2. The van der Waals surface area contributed by atoms with E-state index >= 15 is 0 Å². The summed E-state index contributed by atoms with van der Waals surface area (Å²) in [5, 5.41) is 8.65. The van der Waals surface area contributed by atoms with E-state index in [0.717, 1.165) is 19.5 Å². The predicted octanol–water partition coefficient (Wildman–Crippen LogP) is 3.37. The number of rotatable bonds is 7. The van der Waals surface area contributed by atoms with Crippen LogP contribution in [0.4, 0.5) is 0 Å². The quantitative estimate of drug-likeness (QED) is 0.656. The van der Waals surface area contributed by atoms with E-state index in [1.165, 1.54) is 23.1 Å². The SMILES string of the molecule is CCCn1nc(C(=O)NC[C@H](c2ccccc2)N2CCCC2)c2ccccc2c1=O. The highest BCUT2D eigenvalue weighted by Gasteiger charge is 2.25. The molecule has 0 aliphatic carbocycles. The minimum Gasteiger partial charge on any atom is -0.349 e. The fourth-order valence-corrected chi connectivity index (χ4v) is 4.23. The highest BCUT2D eigenvalue weighted by Crippen LogP contribution is 2.24. The summed E-state index contributed by atoms with van der Waals surface area (Å²) < 4.78 is 1.41. The van der Waals surface area contributed by atoms with Crippen LogP contribution in [0.25, 0.3) is 10.8 Å². The average molecular weight is 405 g/mol. The van der Waals surface area contributed by atoms with E-state index in [4.69, 9.17) is 0 Å². The highest BCUT2D eigenvalue weighted by molar-refractivity contribution is 6.04. The van der Waals surface area contributed by atoms with Crippen LogP contribution < -0.4 is 10.9 Å². The van der Waals surface area contributed by atoms with Crippen molar-refractivity contribution < 1.29 is 4.79 Å². The summed E-state index contributed by atoms with van der Waals surface area (Å²) in [6, 6.07) is 17.7. The Hall–Kier alpha value is -2.99. The van der Waals surface area contributed by atoms with Crippen LogP contribution in [0, 0.1) is 0 Å². The van der Waals surface area contributed by atoms with E-state index in [2.05, 4.69) is 27.4 Å². The van der Waals surface area contributed by atoms with Gasteiger partial charge in [-0.25, -0.2) is 4.68 Å². The molecule has 1 aromatic heterocycles. The predicted molar refractivity (Wildman–Crippen MR) is 119 cm³/mol. The molecule has 3 aromatic rings. The second-order valence-electron chi connectivity index (χ2n) is 7.80. The molecule has 6 nitrogen and oxygen atoms in total. The molecule has 0 bridgehead atoms. The molecule has 1 N–H and O–H groups in total. The van der Waals surface area contributed by atoms with Crippen molar-refractivity contribution >= 4 is 16.7 Å². The first-order chi connectivity index (χ1) is 14.7. The molecule has 6 heteroatoms. The fourth-order valence-electron chi connectivity index (χ4n) is 4.23. The lowest BCUT2D eigenvalue weighted by Crippen LogP contribution is -2.38. The Bertz CT molecular complexity index is 1070. The highest BCUT2D eigenvalue weighted by atomic mass is 16.2. The third-order valence-electron chi connectivity index (χ3n) is 5.74. The first-order valence-corrected chi connectivity index (χ1v) is 10.8. The van der Waals surface area contributed by atoms with Crippen molar-refractivity contribution in [1.29, 1.82) is 0 Å². The molecule has 2 aromatic carbocycles. The van der Waals surface area contributed by atoms with Crippen LogP contribution in [0.2, 0.25) is 0 Å². The fraction of sp³-hybridized carbons (Fsp3) is 0.375. The third-order valence-corrected chi connectivity index (χ3v) is 5.74. The molecule has 0 radical (unpaired) electrons. The standard InChI is InChI=1S/C24H28N4O2/c1-2-14-28-24(30)20-13-7-6-12-19(20)22(26-28)23(29)25-17-21(27-15-8-9-16-27)18-10-4-3-5-11-18/h3-7,10-13,21H,2,8-9,14-17H2,1H3,(H,25,29)/t21-/m1/s1. The van der Waals surface area contributed by atoms with Crippen LogP contribution in [0.15, 0.2) is 59.4 Å². The molecule has 0 unspecified atom stereocenters. The van der Waals surface area contributed by atoms with Gasteiger partial charge in [-0.05, 0) is 44.0 Å². The minimum atomic E-state index is -0.240. The summed E-state index contributed by atoms with van der Waals surface area (Å²) in [5.74, 6) is -0.240. The Morgan fingerprint density at radius 1 is 1.03 bits per heavy atom. The van der Waals surface area contributed by atoms with E-state index in [-0.39, 0.29) is 17.5 Å². The summed E-state index contributed by atoms with van der Waals surface area (Å²) in [4.78, 5) is 28.3. The van der Waals surface area contributed by atoms with E-state index in [0.29, 0.717) is 29.6 Å². The second kappa shape index (κ2) is 9.22. The number of fused-ring (bicyclic) bond motifs is 1. The van der Waals surface area contributed by atoms with Gasteiger partial charge in [0, 0.05) is 18.5 Å². The van der Waals surface area contributed by atoms with Crippen LogP contribution in [0.3, 0.4) is 0 Å². The molecule has 4 rings (SSSR count). The van der Waals surface area contributed by atoms with Crippen molar-refractivity contribution in [2.24, 2.45) is 0 Å². The van der Waals surface area contributed by atoms with Crippen LogP contribution >= 0.6 is 0 Å². The normalized spacial score (nSPS) is 15.4. The summed E-state index contributed by atoms with van der Waals surface area (Å²) in [7, 11) is 0. The first kappa shape index (κ1) is 20.3. The molecule has 1 atom stereocenters. The Labute approximate surface area is 176 Å². The van der Waals surface area contributed by atoms with Gasteiger partial charge in [0.25, 0.3) is 11.5 Å². The lowest BCUT2D eigenvalue weighted by molar-refractivity contribution is 0.0932. The van der Waals surface area contributed by atoms with Gasteiger partial charge >= 0.3 is 0 Å². The van der Waals surface area contributed by atoms with E-state index in [1.54, 1.807) is 12.1 Å². The molecule has 30 heavy (non-hydrogen) atoms. The Morgan fingerprint density at radius 3 is 2.40 bits per heavy atom. The minimum absolute atomic E-state index is 0.130. The molecule has 156 valence electrons. The van der Waals surface area contributed by atoms with Crippen LogP contribution in [-0.4, -0.2) is 40.2 Å². The van der Waals surface area contributed by atoms with E-state index < -0.39 is 0 Å². The van der Waals surface area contributed by atoms with Gasteiger partial charge in [0.05, 0.1) is 11.4 Å². The van der Waals surface area contributed by atoms with Gasteiger partial charge in [-0.15, -0.1) is 0 Å². The molecule has 0 saturated carbocycles. The van der Waals surface area contributed by atoms with Crippen molar-refractivity contribution in [3.63, 3.8) is 0 Å². The monoisotopic (exact) mass is 404 g/mol. The van der Waals surface area contributed by atoms with E-state index in [1.807, 2.05) is 37.3 Å². The van der Waals surface area contributed by atoms with Gasteiger partial charge in [-0.2, -0.15) is 5.10 Å². The smallest absolute Gasteiger partial charge is 0.274 e. The second-order valence-corrected chi connectivity index (χ2v) is 7.80. The maximum atomic E-state index is 13.2. The van der Waals surface area contributed by atoms with Gasteiger partial charge in [0.15, 0.2) is 5.69 Å². The number of hydrogen-bond donors (Lipinski definition) is 1. The Morgan fingerprint density at radius 2 is 1.70 bits per heavy atom. The number of carbonyl (C=O) groups is 1. The maximum Gasteiger partial charge on any atom is 0.274 e. The Kier molecular flexibility index (Phi) is 6.23. The van der Waals surface area contributed by atoms with Gasteiger partial charge < -0.3 is 5.32 Å². The molecule has 1 saturated heterocycles. The third kappa shape index (κ3) is 4.14. The first-order valence-electron chi connectivity index (χ1n) is 10.8. The molecule has 1 fully saturated rings. The number of benzene rings is 2. The molecule has 1 aliphatic rings. The summed E-state index contributed by atoms with van der Waals surface area (Å²) in [6.07, 6.45) is 3.15. The molecule has 0 spiro atoms. The molecule has 2 heterocycles. The average Bonchev–Trinajstić information content (AvgIpc) is 3.31. The van der Waals surface area contributed by atoms with Gasteiger partial charge in [-0.3, -0.25) is 14.5 Å². The number of aryl methyl sites for hydroxylation is 1. The van der Waals surface area contributed by atoms with Crippen molar-refractivity contribution in [2.45, 2.75) is 38.8 Å². The molecular formula is C24H28N4O2. The number of amides is 1. The summed E-state index contributed by atoms with van der Waals surface area (Å²) in [6.45, 7) is 5.07. The van der Waals surface area contributed by atoms with Gasteiger partial charge in [-0.1, -0.05) is 55.5 Å². The molecule has 1 aliphatic heterocycles. The maximum absolute atomic E-state index is 13.2. The Balaban J connectivity index is 1.62. The topological polar surface area (TPSA) is 67.2 Å². The number of hydrogen-bond acceptors (Lipinski definition) is 4. The van der Waals surface area contributed by atoms with Crippen molar-refractivity contribution in [3.05, 3.63) is 76.2 Å². The van der Waals surface area contributed by atoms with Crippen molar-refractivity contribution in [1.82, 2.24) is 20.0 Å². The van der Waals surface area contributed by atoms with Crippen molar-refractivity contribution in [2.75, 3.05) is 19.6 Å². The van der Waals surface area contributed by atoms with Crippen molar-refractivity contribution in [3.8, 4) is 0 Å². The number of nitrogens with one attached hydrogen (secondary N) is 1. The van der Waals surface area contributed by atoms with Crippen LogP contribution in [0.5, 0.6) is 0 Å². The summed E-state index contributed by atoms with van der Waals surface area (Å²) in [5.41, 5.74) is 1.36. The zero-order valence-electron chi connectivity index (χ0n) is 17.4. The zero-order chi connectivity index (χ0) is 20.9. The van der Waals surface area contributed by atoms with Crippen LogP contribution in [-0.2, 0) is 6.54 Å². The number of likely N-dealkylation sites (tertiary alicyclic amines) is 1. The molecular weight excluding hydrogens is 376 g/mol. The lowest BCUT2D eigenvalue weighted by atomic mass is 10.1. The largest absolute Gasteiger partial charge is 0.349 e. The van der Waals surface area contributed by atoms with Crippen LogP contribution in [0.1, 0.15) is 48.3 Å². The lowest BCUT2D eigenvalue weighted by Gasteiger charge is -2.28. The molecule has 1 amide bonds. The van der Waals surface area contributed by atoms with Gasteiger partial charge in [0.2, 0.25) is 0 Å². The number of carbonyl (C=O) groups excluding carboxylic acids is 1. The number of nitrogens with zero attached hydrogens (tertiary/aromatic N) is 3. The van der Waals surface area contributed by atoms with E-state index in [9.17, 15) is 9.59 Å².